The van der Waals surface area contributed by atoms with Crippen LogP contribution in [0.2, 0.25) is 0 Å². The van der Waals surface area contributed by atoms with Gasteiger partial charge in [-0.25, -0.2) is 9.38 Å². The van der Waals surface area contributed by atoms with E-state index >= 15 is 0 Å². The molecular weight excluding hydrogens is 373 g/mol. The molecule has 29 heavy (non-hydrogen) atoms. The second-order valence-corrected chi connectivity index (χ2v) is 7.13. The first kappa shape index (κ1) is 20.7. The third kappa shape index (κ3) is 5.97. The lowest BCUT2D eigenvalue weighted by Crippen LogP contribution is -2.53. The Labute approximate surface area is 170 Å². The van der Waals surface area contributed by atoms with Crippen molar-refractivity contribution in [2.24, 2.45) is 4.99 Å². The third-order valence-corrected chi connectivity index (χ3v) is 4.87. The van der Waals surface area contributed by atoms with Crippen LogP contribution >= 0.6 is 0 Å². The summed E-state index contributed by atoms with van der Waals surface area (Å²) in [5, 5.41) is 3.36. The van der Waals surface area contributed by atoms with Crippen molar-refractivity contribution < 1.29 is 13.6 Å². The summed E-state index contributed by atoms with van der Waals surface area (Å²) < 4.78 is 18.5. The second kappa shape index (κ2) is 9.95. The lowest BCUT2D eigenvalue weighted by Gasteiger charge is -2.37. The molecule has 1 aliphatic rings. The zero-order chi connectivity index (χ0) is 20.6. The number of carbonyl (C=O) groups is 1. The molecule has 1 aliphatic heterocycles. The molecule has 0 radical (unpaired) electrons. The van der Waals surface area contributed by atoms with Crippen molar-refractivity contribution in [1.82, 2.24) is 15.1 Å². The van der Waals surface area contributed by atoms with Crippen LogP contribution < -0.4 is 10.2 Å². The van der Waals surface area contributed by atoms with Gasteiger partial charge in [-0.15, -0.1) is 0 Å². The van der Waals surface area contributed by atoms with E-state index in [1.54, 1.807) is 32.5 Å². The van der Waals surface area contributed by atoms with Gasteiger partial charge in [-0.1, -0.05) is 0 Å². The van der Waals surface area contributed by atoms with Crippen molar-refractivity contribution in [2.45, 2.75) is 6.42 Å². The van der Waals surface area contributed by atoms with Gasteiger partial charge in [0.05, 0.1) is 6.26 Å². The Morgan fingerprint density at radius 3 is 2.52 bits per heavy atom. The van der Waals surface area contributed by atoms with Crippen LogP contribution in [-0.4, -0.2) is 75.0 Å². The predicted octanol–water partition coefficient (Wildman–Crippen LogP) is 1.82. The first-order chi connectivity index (χ1) is 14.0. The summed E-state index contributed by atoms with van der Waals surface area (Å²) in [5.41, 5.74) is 1.01. The zero-order valence-electron chi connectivity index (χ0n) is 17.0. The highest BCUT2D eigenvalue weighted by molar-refractivity contribution is 5.85. The van der Waals surface area contributed by atoms with E-state index in [1.165, 1.54) is 17.0 Å². The van der Waals surface area contributed by atoms with Crippen molar-refractivity contribution in [2.75, 3.05) is 58.3 Å². The van der Waals surface area contributed by atoms with Gasteiger partial charge >= 0.3 is 0 Å². The Kier molecular flexibility index (Phi) is 7.10. The van der Waals surface area contributed by atoms with Crippen molar-refractivity contribution in [1.29, 1.82) is 0 Å². The standard InChI is InChI=1S/C21H28FN5O2/c1-25(2)20(28)16-24-21(23-10-9-19-4-3-15-29-19)27-13-11-26(12-14-27)18-7-5-17(22)6-8-18/h3-8,15H,9-14,16H2,1-2H3,(H,23,24). The Morgan fingerprint density at radius 1 is 1.17 bits per heavy atom. The number of rotatable bonds is 6. The molecule has 1 saturated heterocycles. The number of amides is 1. The Hall–Kier alpha value is -3.03. The van der Waals surface area contributed by atoms with E-state index in [4.69, 9.17) is 4.42 Å². The lowest BCUT2D eigenvalue weighted by atomic mass is 10.2. The van der Waals surface area contributed by atoms with E-state index in [1.807, 2.05) is 12.1 Å². The fraction of sp³-hybridized carbons (Fsp3) is 0.429. The first-order valence-electron chi connectivity index (χ1n) is 9.79. The smallest absolute Gasteiger partial charge is 0.243 e. The number of hydrogen-bond donors (Lipinski definition) is 1. The molecule has 1 fully saturated rings. The summed E-state index contributed by atoms with van der Waals surface area (Å²) in [6, 6.07) is 10.4. The van der Waals surface area contributed by atoms with E-state index in [9.17, 15) is 9.18 Å². The molecule has 8 heteroatoms. The second-order valence-electron chi connectivity index (χ2n) is 7.13. The number of nitrogens with one attached hydrogen (secondary N) is 1. The van der Waals surface area contributed by atoms with E-state index in [0.29, 0.717) is 6.54 Å². The van der Waals surface area contributed by atoms with Crippen LogP contribution in [0.1, 0.15) is 5.76 Å². The molecule has 0 spiro atoms. The van der Waals surface area contributed by atoms with Gasteiger partial charge in [0.25, 0.3) is 0 Å². The number of anilines is 1. The molecule has 156 valence electrons. The third-order valence-electron chi connectivity index (χ3n) is 4.87. The number of halogens is 1. The van der Waals surface area contributed by atoms with E-state index in [-0.39, 0.29) is 18.3 Å². The SMILES string of the molecule is CN(C)C(=O)CN=C(NCCc1ccco1)N1CCN(c2ccc(F)cc2)CC1. The fourth-order valence-electron chi connectivity index (χ4n) is 3.13. The summed E-state index contributed by atoms with van der Waals surface area (Å²) in [6.07, 6.45) is 2.40. The highest BCUT2D eigenvalue weighted by Gasteiger charge is 2.20. The molecule has 0 unspecified atom stereocenters. The highest BCUT2D eigenvalue weighted by Crippen LogP contribution is 2.17. The summed E-state index contributed by atoms with van der Waals surface area (Å²) in [6.45, 7) is 3.90. The Balaban J connectivity index is 1.59. The normalized spacial score (nSPS) is 14.8. The first-order valence-corrected chi connectivity index (χ1v) is 9.79. The maximum absolute atomic E-state index is 13.2. The molecule has 7 nitrogen and oxygen atoms in total. The number of likely N-dealkylation sites (N-methyl/N-ethyl adjacent to an activating group) is 1. The van der Waals surface area contributed by atoms with Crippen LogP contribution in [0, 0.1) is 5.82 Å². The molecule has 1 aromatic heterocycles. The Bertz CT molecular complexity index is 797. The van der Waals surface area contributed by atoms with E-state index < -0.39 is 0 Å². The molecule has 2 heterocycles. The molecule has 2 aromatic rings. The molecule has 1 aromatic carbocycles. The molecule has 1 amide bonds. The maximum atomic E-state index is 13.2. The van der Waals surface area contributed by atoms with Gasteiger partial charge in [0, 0.05) is 58.9 Å². The lowest BCUT2D eigenvalue weighted by molar-refractivity contribution is -0.127. The van der Waals surface area contributed by atoms with Crippen molar-refractivity contribution in [3.05, 3.63) is 54.2 Å². The minimum absolute atomic E-state index is 0.0414. The predicted molar refractivity (Wildman–Crippen MR) is 112 cm³/mol. The number of furan rings is 1. The number of carbonyl (C=O) groups excluding carboxylic acids is 1. The quantitative estimate of drug-likeness (QED) is 0.591. The van der Waals surface area contributed by atoms with Crippen molar-refractivity contribution in [3.63, 3.8) is 0 Å². The van der Waals surface area contributed by atoms with Crippen LogP contribution in [0.4, 0.5) is 10.1 Å². The van der Waals surface area contributed by atoms with Gasteiger partial charge in [-0.2, -0.15) is 0 Å². The van der Waals surface area contributed by atoms with Crippen LogP contribution in [0.25, 0.3) is 0 Å². The molecule has 0 aliphatic carbocycles. The molecule has 0 atom stereocenters. The van der Waals surface area contributed by atoms with Crippen molar-refractivity contribution in [3.8, 4) is 0 Å². The number of hydrogen-bond acceptors (Lipinski definition) is 4. The van der Waals surface area contributed by atoms with E-state index in [0.717, 1.165) is 50.0 Å². The average molecular weight is 401 g/mol. The fourth-order valence-corrected chi connectivity index (χ4v) is 3.13. The molecule has 0 bridgehead atoms. The summed E-state index contributed by atoms with van der Waals surface area (Å²) in [4.78, 5) is 22.4. The molecule has 1 N–H and O–H groups in total. The van der Waals surface area contributed by atoms with Gasteiger partial charge in [0.2, 0.25) is 5.91 Å². The monoisotopic (exact) mass is 401 g/mol. The van der Waals surface area contributed by atoms with Crippen LogP contribution in [-0.2, 0) is 11.2 Å². The number of guanidine groups is 1. The van der Waals surface area contributed by atoms with Crippen molar-refractivity contribution >= 4 is 17.6 Å². The zero-order valence-corrected chi connectivity index (χ0v) is 17.0. The minimum atomic E-state index is -0.229. The minimum Gasteiger partial charge on any atom is -0.469 e. The van der Waals surface area contributed by atoms with Gasteiger partial charge < -0.3 is 24.4 Å². The summed E-state index contributed by atoms with van der Waals surface area (Å²) in [7, 11) is 3.45. The Morgan fingerprint density at radius 2 is 1.90 bits per heavy atom. The summed E-state index contributed by atoms with van der Waals surface area (Å²) >= 11 is 0. The number of benzene rings is 1. The summed E-state index contributed by atoms with van der Waals surface area (Å²) in [5.74, 6) is 1.36. The highest BCUT2D eigenvalue weighted by atomic mass is 19.1. The molecule has 0 saturated carbocycles. The largest absolute Gasteiger partial charge is 0.469 e. The van der Waals surface area contributed by atoms with E-state index in [2.05, 4.69) is 20.1 Å². The topological polar surface area (TPSA) is 64.3 Å². The van der Waals surface area contributed by atoms with Gasteiger partial charge in [-0.3, -0.25) is 4.79 Å². The van der Waals surface area contributed by atoms with Gasteiger partial charge in [0.1, 0.15) is 18.1 Å². The number of aliphatic imine (C=N–C) groups is 1. The number of piperazine rings is 1. The average Bonchev–Trinajstić information content (AvgIpc) is 3.24. The molecule has 3 rings (SSSR count). The van der Waals surface area contributed by atoms with Gasteiger partial charge in [-0.05, 0) is 36.4 Å². The maximum Gasteiger partial charge on any atom is 0.243 e. The van der Waals surface area contributed by atoms with Gasteiger partial charge in [0.15, 0.2) is 5.96 Å². The number of nitrogens with zero attached hydrogens (tertiary/aromatic N) is 4. The van der Waals surface area contributed by atoms with Crippen LogP contribution in [0.3, 0.4) is 0 Å². The van der Waals surface area contributed by atoms with Crippen LogP contribution in [0.15, 0.2) is 52.1 Å². The molecular formula is C21H28FN5O2. The van der Waals surface area contributed by atoms with Crippen LogP contribution in [0.5, 0.6) is 0 Å².